The van der Waals surface area contributed by atoms with Crippen molar-refractivity contribution in [2.45, 2.75) is 32.7 Å². The van der Waals surface area contributed by atoms with Gasteiger partial charge in [0.15, 0.2) is 6.10 Å². The lowest BCUT2D eigenvalue weighted by atomic mass is 10.1. The molecular formula is C14H14F3NO3. The topological polar surface area (TPSA) is 65.5 Å². The number of nitrogens with two attached hydrogens (primary N) is 1. The number of rotatable bonds is 3. The zero-order valence-electron chi connectivity index (χ0n) is 11.5. The number of ether oxygens (including phenoxy) is 1. The molecule has 0 fully saturated rings. The van der Waals surface area contributed by atoms with Crippen molar-refractivity contribution >= 4 is 16.9 Å². The minimum Gasteiger partial charge on any atom is -0.459 e. The van der Waals surface area contributed by atoms with Gasteiger partial charge in [-0.15, -0.1) is 0 Å². The van der Waals surface area contributed by atoms with E-state index in [9.17, 15) is 18.0 Å². The number of aryl methyl sites for hydroxylation is 1. The highest BCUT2D eigenvalue weighted by Gasteiger charge is 2.39. The molecule has 1 aromatic heterocycles. The van der Waals surface area contributed by atoms with Crippen LogP contribution in [0.15, 0.2) is 22.6 Å². The van der Waals surface area contributed by atoms with Crippen LogP contribution < -0.4 is 5.73 Å². The second kappa shape index (κ2) is 5.40. The number of hydrogen-bond acceptors (Lipinski definition) is 4. The minimum absolute atomic E-state index is 0.0409. The van der Waals surface area contributed by atoms with Gasteiger partial charge < -0.3 is 14.9 Å². The quantitative estimate of drug-likeness (QED) is 0.883. The normalized spacial score (nSPS) is 13.4. The lowest BCUT2D eigenvalue weighted by Gasteiger charge is -2.16. The van der Waals surface area contributed by atoms with Gasteiger partial charge in [0, 0.05) is 5.39 Å². The molecule has 0 amide bonds. The fourth-order valence-electron chi connectivity index (χ4n) is 1.90. The summed E-state index contributed by atoms with van der Waals surface area (Å²) < 4.78 is 47.2. The predicted molar refractivity (Wildman–Crippen MR) is 69.8 cm³/mol. The summed E-state index contributed by atoms with van der Waals surface area (Å²) in [5.41, 5.74) is 6.30. The average Bonchev–Trinajstić information content (AvgIpc) is 2.79. The summed E-state index contributed by atoms with van der Waals surface area (Å²) in [6.45, 7) is 2.62. The molecule has 0 radical (unpaired) electrons. The van der Waals surface area contributed by atoms with E-state index >= 15 is 0 Å². The number of fused-ring (bicyclic) bond motifs is 1. The fraction of sp³-hybridized carbons (Fsp3) is 0.357. The van der Waals surface area contributed by atoms with Crippen molar-refractivity contribution in [3.05, 3.63) is 35.1 Å². The number of benzene rings is 1. The molecule has 2 aromatic rings. The molecule has 0 saturated heterocycles. The van der Waals surface area contributed by atoms with E-state index < -0.39 is 18.2 Å². The number of furan rings is 1. The molecule has 1 heterocycles. The number of carbonyl (C=O) groups is 1. The van der Waals surface area contributed by atoms with Gasteiger partial charge in [-0.05, 0) is 37.6 Å². The predicted octanol–water partition coefficient (Wildman–Crippen LogP) is 3.31. The van der Waals surface area contributed by atoms with Gasteiger partial charge in [0.25, 0.3) is 0 Å². The van der Waals surface area contributed by atoms with Crippen molar-refractivity contribution in [2.75, 3.05) is 0 Å². The first-order valence-corrected chi connectivity index (χ1v) is 6.23. The molecule has 21 heavy (non-hydrogen) atoms. The van der Waals surface area contributed by atoms with E-state index in [0.717, 1.165) is 6.92 Å². The highest BCUT2D eigenvalue weighted by atomic mass is 19.4. The van der Waals surface area contributed by atoms with Crippen LogP contribution in [0.25, 0.3) is 11.0 Å². The molecule has 0 saturated carbocycles. The molecule has 0 bridgehead atoms. The second-order valence-electron chi connectivity index (χ2n) is 4.74. The Morgan fingerprint density at radius 3 is 2.62 bits per heavy atom. The van der Waals surface area contributed by atoms with Crippen LogP contribution in [0.5, 0.6) is 0 Å². The summed E-state index contributed by atoms with van der Waals surface area (Å²) >= 11 is 0. The molecule has 2 N–H and O–H groups in total. The van der Waals surface area contributed by atoms with Crippen LogP contribution in [-0.4, -0.2) is 18.2 Å². The highest BCUT2D eigenvalue weighted by Crippen LogP contribution is 2.28. The first kappa shape index (κ1) is 15.4. The Kier molecular flexibility index (Phi) is 3.95. The summed E-state index contributed by atoms with van der Waals surface area (Å²) in [5.74, 6) is -0.639. The highest BCUT2D eigenvalue weighted by molar-refractivity contribution is 6.02. The summed E-state index contributed by atoms with van der Waals surface area (Å²) in [6, 6.07) is 4.83. The first-order chi connectivity index (χ1) is 9.72. The van der Waals surface area contributed by atoms with Crippen molar-refractivity contribution in [1.29, 1.82) is 0 Å². The van der Waals surface area contributed by atoms with Gasteiger partial charge in [-0.2, -0.15) is 13.2 Å². The van der Waals surface area contributed by atoms with Gasteiger partial charge in [-0.25, -0.2) is 4.79 Å². The Morgan fingerprint density at radius 2 is 2.05 bits per heavy atom. The molecule has 0 aliphatic rings. The Morgan fingerprint density at radius 1 is 1.38 bits per heavy atom. The van der Waals surface area contributed by atoms with Crippen LogP contribution in [0.2, 0.25) is 0 Å². The maximum Gasteiger partial charge on any atom is 0.425 e. The minimum atomic E-state index is -4.61. The van der Waals surface area contributed by atoms with Crippen molar-refractivity contribution in [1.82, 2.24) is 0 Å². The lowest BCUT2D eigenvalue weighted by Crippen LogP contribution is -2.30. The molecule has 0 aliphatic heterocycles. The molecule has 7 heteroatoms. The molecule has 4 nitrogen and oxygen atoms in total. The summed E-state index contributed by atoms with van der Waals surface area (Å²) in [7, 11) is 0. The largest absolute Gasteiger partial charge is 0.459 e. The standard InChI is InChI=1S/C14H14F3NO3/c1-7-3-9-5-10(6-18)21-12(9)11(4-7)13(19)20-8(2)14(15,16)17/h3-5,8H,6,18H2,1-2H3. The molecule has 0 aliphatic carbocycles. The third-order valence-electron chi connectivity index (χ3n) is 2.98. The lowest BCUT2D eigenvalue weighted by molar-refractivity contribution is -0.198. The van der Waals surface area contributed by atoms with Crippen molar-refractivity contribution in [3.63, 3.8) is 0 Å². The van der Waals surface area contributed by atoms with E-state index in [0.29, 0.717) is 16.7 Å². The molecule has 2 rings (SSSR count). The summed E-state index contributed by atoms with van der Waals surface area (Å²) in [5, 5.41) is 0.599. The van der Waals surface area contributed by atoms with Crippen molar-refractivity contribution < 1.29 is 27.1 Å². The van der Waals surface area contributed by atoms with E-state index in [1.807, 2.05) is 0 Å². The molecule has 1 unspecified atom stereocenters. The van der Waals surface area contributed by atoms with Crippen LogP contribution in [-0.2, 0) is 11.3 Å². The van der Waals surface area contributed by atoms with E-state index in [-0.39, 0.29) is 17.7 Å². The van der Waals surface area contributed by atoms with E-state index in [2.05, 4.69) is 4.74 Å². The van der Waals surface area contributed by atoms with Gasteiger partial charge in [-0.3, -0.25) is 0 Å². The number of esters is 1. The maximum absolute atomic E-state index is 12.5. The first-order valence-electron chi connectivity index (χ1n) is 6.23. The monoisotopic (exact) mass is 301 g/mol. The molecule has 0 spiro atoms. The van der Waals surface area contributed by atoms with E-state index in [1.165, 1.54) is 6.07 Å². The number of carbonyl (C=O) groups excluding carboxylic acids is 1. The molecule has 114 valence electrons. The van der Waals surface area contributed by atoms with Crippen molar-refractivity contribution in [3.8, 4) is 0 Å². The number of hydrogen-bond donors (Lipinski definition) is 1. The van der Waals surface area contributed by atoms with Crippen LogP contribution in [0, 0.1) is 6.92 Å². The van der Waals surface area contributed by atoms with Crippen LogP contribution in [0.4, 0.5) is 13.2 Å². The zero-order valence-corrected chi connectivity index (χ0v) is 11.5. The molecule has 1 aromatic carbocycles. The van der Waals surface area contributed by atoms with Crippen molar-refractivity contribution in [2.24, 2.45) is 5.73 Å². The summed E-state index contributed by atoms with van der Waals surface area (Å²) in [4.78, 5) is 12.0. The zero-order chi connectivity index (χ0) is 15.8. The number of halogens is 3. The van der Waals surface area contributed by atoms with Gasteiger partial charge in [0.2, 0.25) is 0 Å². The Labute approximate surface area is 118 Å². The second-order valence-corrected chi connectivity index (χ2v) is 4.74. The smallest absolute Gasteiger partial charge is 0.425 e. The average molecular weight is 301 g/mol. The van der Waals surface area contributed by atoms with Gasteiger partial charge >= 0.3 is 12.1 Å². The summed E-state index contributed by atoms with van der Waals surface area (Å²) in [6.07, 6.45) is -6.80. The van der Waals surface area contributed by atoms with Gasteiger partial charge in [-0.1, -0.05) is 0 Å². The Bertz CT molecular complexity index is 676. The van der Waals surface area contributed by atoms with E-state index in [1.54, 1.807) is 19.1 Å². The van der Waals surface area contributed by atoms with Gasteiger partial charge in [0.1, 0.15) is 16.9 Å². The number of alkyl halides is 3. The third-order valence-corrected chi connectivity index (χ3v) is 2.98. The van der Waals surface area contributed by atoms with Gasteiger partial charge in [0.05, 0.1) is 6.54 Å². The maximum atomic E-state index is 12.5. The Balaban J connectivity index is 2.41. The third kappa shape index (κ3) is 3.18. The molecular weight excluding hydrogens is 287 g/mol. The van der Waals surface area contributed by atoms with Crippen LogP contribution in [0.3, 0.4) is 0 Å². The molecule has 1 atom stereocenters. The Hall–Kier alpha value is -2.02. The fourth-order valence-corrected chi connectivity index (χ4v) is 1.90. The van der Waals surface area contributed by atoms with Crippen LogP contribution >= 0.6 is 0 Å². The van der Waals surface area contributed by atoms with Crippen LogP contribution in [0.1, 0.15) is 28.6 Å². The van der Waals surface area contributed by atoms with E-state index in [4.69, 9.17) is 10.2 Å². The SMILES string of the molecule is Cc1cc(C(=O)OC(C)C(F)(F)F)c2oc(CN)cc2c1.